The Morgan fingerprint density at radius 1 is 1.55 bits per heavy atom. The van der Waals surface area contributed by atoms with Crippen molar-refractivity contribution in [2.45, 2.75) is 39.5 Å². The molecule has 1 atom stereocenters. The Bertz CT molecular complexity index is 650. The predicted octanol–water partition coefficient (Wildman–Crippen LogP) is 2.23. The summed E-state index contributed by atoms with van der Waals surface area (Å²) in [6.45, 7) is 5.71. The molecule has 118 valence electrons. The van der Waals surface area contributed by atoms with Gasteiger partial charge in [0.2, 0.25) is 0 Å². The Morgan fingerprint density at radius 3 is 3.14 bits per heavy atom. The van der Waals surface area contributed by atoms with E-state index in [1.807, 2.05) is 18.0 Å². The van der Waals surface area contributed by atoms with Crippen molar-refractivity contribution in [2.24, 2.45) is 5.92 Å². The quantitative estimate of drug-likeness (QED) is 0.937. The largest absolute Gasteiger partial charge is 0.338 e. The molecular weight excluding hydrogens is 298 g/mol. The number of aryl methyl sites for hydroxylation is 2. The van der Waals surface area contributed by atoms with Crippen molar-refractivity contribution in [3.05, 3.63) is 28.0 Å². The van der Waals surface area contributed by atoms with E-state index < -0.39 is 0 Å². The molecule has 0 radical (unpaired) electrons. The number of aromatic nitrogens is 4. The lowest BCUT2D eigenvalue weighted by molar-refractivity contribution is 0.0676. The number of aromatic amines is 1. The van der Waals surface area contributed by atoms with Crippen LogP contribution in [0.2, 0.25) is 0 Å². The number of carbonyl (C=O) groups is 1. The van der Waals surface area contributed by atoms with Crippen LogP contribution in [0, 0.1) is 12.8 Å². The summed E-state index contributed by atoms with van der Waals surface area (Å²) in [5.41, 5.74) is 3.21. The lowest BCUT2D eigenvalue weighted by Crippen LogP contribution is -2.40. The van der Waals surface area contributed by atoms with E-state index in [1.165, 1.54) is 22.8 Å². The normalized spacial score (nSPS) is 18.6. The van der Waals surface area contributed by atoms with E-state index in [0.29, 0.717) is 10.8 Å². The van der Waals surface area contributed by atoms with Gasteiger partial charge in [-0.3, -0.25) is 9.89 Å². The number of piperidine rings is 1. The molecule has 2 aromatic rings. The summed E-state index contributed by atoms with van der Waals surface area (Å²) in [4.78, 5) is 15.4. The summed E-state index contributed by atoms with van der Waals surface area (Å²) in [5.74, 6) is 0.584. The van der Waals surface area contributed by atoms with Gasteiger partial charge in [-0.15, -0.1) is 5.10 Å². The van der Waals surface area contributed by atoms with Crippen LogP contribution in [-0.2, 0) is 12.8 Å². The zero-order valence-corrected chi connectivity index (χ0v) is 13.8. The van der Waals surface area contributed by atoms with Crippen molar-refractivity contribution < 1.29 is 4.79 Å². The van der Waals surface area contributed by atoms with Crippen molar-refractivity contribution in [1.29, 1.82) is 0 Å². The number of amides is 1. The average molecular weight is 319 g/mol. The molecule has 0 bridgehead atoms. The number of H-pyrrole nitrogens is 1. The fourth-order valence-corrected chi connectivity index (χ4v) is 3.75. The van der Waals surface area contributed by atoms with Crippen LogP contribution in [0.5, 0.6) is 0 Å². The lowest BCUT2D eigenvalue weighted by atomic mass is 9.92. The Balaban J connectivity index is 1.68. The first-order chi connectivity index (χ1) is 10.7. The Hall–Kier alpha value is -1.76. The maximum atomic E-state index is 12.7. The van der Waals surface area contributed by atoms with Gasteiger partial charge >= 0.3 is 0 Å². The monoisotopic (exact) mass is 319 g/mol. The van der Waals surface area contributed by atoms with Gasteiger partial charge in [0.25, 0.3) is 5.91 Å². The summed E-state index contributed by atoms with van der Waals surface area (Å²) < 4.78 is 3.93. The van der Waals surface area contributed by atoms with Crippen LogP contribution in [0.4, 0.5) is 0 Å². The molecule has 0 aromatic carbocycles. The molecule has 1 aliphatic heterocycles. The Morgan fingerprint density at radius 2 is 2.41 bits per heavy atom. The highest BCUT2D eigenvalue weighted by atomic mass is 32.1. The summed E-state index contributed by atoms with van der Waals surface area (Å²) in [6.07, 6.45) is 5.78. The minimum atomic E-state index is 0.0953. The second-order valence-electron chi connectivity index (χ2n) is 5.90. The smallest absolute Gasteiger partial charge is 0.267 e. The maximum Gasteiger partial charge on any atom is 0.267 e. The number of nitrogens with zero attached hydrogens (tertiary/aromatic N) is 4. The van der Waals surface area contributed by atoms with Crippen LogP contribution >= 0.6 is 11.5 Å². The van der Waals surface area contributed by atoms with E-state index in [4.69, 9.17) is 0 Å². The molecule has 7 heteroatoms. The highest BCUT2D eigenvalue weighted by Gasteiger charge is 2.27. The topological polar surface area (TPSA) is 74.8 Å². The van der Waals surface area contributed by atoms with Gasteiger partial charge < -0.3 is 4.90 Å². The lowest BCUT2D eigenvalue weighted by Gasteiger charge is -2.32. The van der Waals surface area contributed by atoms with E-state index in [2.05, 4.69) is 26.7 Å². The molecule has 6 nitrogen and oxygen atoms in total. The van der Waals surface area contributed by atoms with Gasteiger partial charge in [0.1, 0.15) is 4.88 Å². The molecule has 1 aliphatic rings. The first kappa shape index (κ1) is 15.1. The molecule has 3 heterocycles. The molecule has 1 amide bonds. The first-order valence-electron chi connectivity index (χ1n) is 7.78. The van der Waals surface area contributed by atoms with Crippen molar-refractivity contribution >= 4 is 17.4 Å². The summed E-state index contributed by atoms with van der Waals surface area (Å²) in [5, 5.41) is 11.2. The van der Waals surface area contributed by atoms with Crippen molar-refractivity contribution in [3.8, 4) is 0 Å². The molecule has 0 spiro atoms. The van der Waals surface area contributed by atoms with E-state index in [0.717, 1.165) is 44.5 Å². The SMILES string of the molecule is CCc1nnsc1C(=O)N1CCCC(Cc2[nH]ncc2C)C1. The average Bonchev–Trinajstić information content (AvgIpc) is 3.16. The fraction of sp³-hybridized carbons (Fsp3) is 0.600. The van der Waals surface area contributed by atoms with E-state index in [9.17, 15) is 4.79 Å². The zero-order valence-electron chi connectivity index (χ0n) is 13.0. The second kappa shape index (κ2) is 6.56. The molecule has 2 aromatic heterocycles. The van der Waals surface area contributed by atoms with Gasteiger partial charge in [-0.25, -0.2) is 0 Å². The number of rotatable bonds is 4. The highest BCUT2D eigenvalue weighted by Crippen LogP contribution is 2.24. The third kappa shape index (κ3) is 3.04. The van der Waals surface area contributed by atoms with Crippen LogP contribution in [0.1, 0.15) is 46.4 Å². The maximum absolute atomic E-state index is 12.7. The summed E-state index contributed by atoms with van der Waals surface area (Å²) in [6, 6.07) is 0. The Labute approximate surface area is 134 Å². The third-order valence-electron chi connectivity index (χ3n) is 4.32. The van der Waals surface area contributed by atoms with Crippen LogP contribution in [0.25, 0.3) is 0 Å². The fourth-order valence-electron chi connectivity index (χ4n) is 3.03. The summed E-state index contributed by atoms with van der Waals surface area (Å²) in [7, 11) is 0. The van der Waals surface area contributed by atoms with Crippen LogP contribution in [0.15, 0.2) is 6.20 Å². The van der Waals surface area contributed by atoms with E-state index in [1.54, 1.807) is 0 Å². The summed E-state index contributed by atoms with van der Waals surface area (Å²) >= 11 is 1.22. The third-order valence-corrected chi connectivity index (χ3v) is 5.07. The van der Waals surface area contributed by atoms with Gasteiger partial charge in [-0.05, 0) is 55.6 Å². The number of likely N-dealkylation sites (tertiary alicyclic amines) is 1. The first-order valence-corrected chi connectivity index (χ1v) is 8.55. The number of carbonyl (C=O) groups excluding carboxylic acids is 1. The van der Waals surface area contributed by atoms with Gasteiger partial charge in [0, 0.05) is 18.8 Å². The highest BCUT2D eigenvalue weighted by molar-refractivity contribution is 7.08. The predicted molar refractivity (Wildman–Crippen MR) is 84.9 cm³/mol. The van der Waals surface area contributed by atoms with Crippen molar-refractivity contribution in [1.82, 2.24) is 24.7 Å². The molecule has 1 N–H and O–H groups in total. The molecule has 1 fully saturated rings. The second-order valence-corrected chi connectivity index (χ2v) is 6.65. The molecule has 1 saturated heterocycles. The number of nitrogens with one attached hydrogen (secondary N) is 1. The number of hydrogen-bond acceptors (Lipinski definition) is 5. The van der Waals surface area contributed by atoms with Gasteiger partial charge in [-0.2, -0.15) is 5.10 Å². The van der Waals surface area contributed by atoms with Gasteiger partial charge in [0.05, 0.1) is 11.9 Å². The minimum absolute atomic E-state index is 0.0953. The van der Waals surface area contributed by atoms with Crippen LogP contribution < -0.4 is 0 Å². The van der Waals surface area contributed by atoms with E-state index >= 15 is 0 Å². The van der Waals surface area contributed by atoms with Crippen LogP contribution in [-0.4, -0.2) is 43.7 Å². The van der Waals surface area contributed by atoms with Gasteiger partial charge in [-0.1, -0.05) is 11.4 Å². The Kier molecular flexibility index (Phi) is 4.52. The van der Waals surface area contributed by atoms with Crippen molar-refractivity contribution in [2.75, 3.05) is 13.1 Å². The van der Waals surface area contributed by atoms with E-state index in [-0.39, 0.29) is 5.91 Å². The molecule has 0 saturated carbocycles. The standard InChI is InChI=1S/C15H21N5OS/c1-3-12-14(22-19-18-12)15(21)20-6-4-5-11(9-20)7-13-10(2)8-16-17-13/h8,11H,3-7,9H2,1-2H3,(H,16,17). The molecule has 0 aliphatic carbocycles. The minimum Gasteiger partial charge on any atom is -0.338 e. The molecule has 22 heavy (non-hydrogen) atoms. The van der Waals surface area contributed by atoms with Crippen molar-refractivity contribution in [3.63, 3.8) is 0 Å². The van der Waals surface area contributed by atoms with Crippen LogP contribution in [0.3, 0.4) is 0 Å². The molecule has 1 unspecified atom stereocenters. The van der Waals surface area contributed by atoms with Gasteiger partial charge in [0.15, 0.2) is 0 Å². The zero-order chi connectivity index (χ0) is 15.5. The molecule has 3 rings (SSSR count). The molecular formula is C15H21N5OS. The number of hydrogen-bond donors (Lipinski definition) is 1.